The van der Waals surface area contributed by atoms with Crippen molar-refractivity contribution in [1.29, 1.82) is 0 Å². The number of hydroxylamine groups is 1. The fourth-order valence-corrected chi connectivity index (χ4v) is 6.77. The van der Waals surface area contributed by atoms with Gasteiger partial charge < -0.3 is 19.5 Å². The summed E-state index contributed by atoms with van der Waals surface area (Å²) in [6.45, 7) is 6.14. The lowest BCUT2D eigenvalue weighted by molar-refractivity contribution is -0.131. The topological polar surface area (TPSA) is 115 Å². The number of carbonyl (C=O) groups excluding carboxylic acids is 1. The van der Waals surface area contributed by atoms with Crippen LogP contribution in [0.25, 0.3) is 11.2 Å². The van der Waals surface area contributed by atoms with E-state index >= 15 is 0 Å². The average molecular weight is 546 g/mol. The van der Waals surface area contributed by atoms with Crippen molar-refractivity contribution in [3.05, 3.63) is 47.5 Å². The third kappa shape index (κ3) is 4.51. The van der Waals surface area contributed by atoms with E-state index in [9.17, 15) is 4.79 Å². The van der Waals surface area contributed by atoms with E-state index in [1.807, 2.05) is 6.07 Å². The number of hydrogen-bond acceptors (Lipinski definition) is 8. The molecule has 4 aliphatic rings. The maximum Gasteiger partial charge on any atom is 0.427 e. The Labute approximate surface area is 234 Å². The lowest BCUT2D eigenvalue weighted by Gasteiger charge is -2.42. The number of fused-ring (bicyclic) bond motifs is 1. The van der Waals surface area contributed by atoms with Crippen molar-refractivity contribution in [1.82, 2.24) is 30.3 Å². The van der Waals surface area contributed by atoms with Crippen molar-refractivity contribution in [3.63, 3.8) is 0 Å². The summed E-state index contributed by atoms with van der Waals surface area (Å²) in [7, 11) is 0. The Kier molecular flexibility index (Phi) is 6.62. The van der Waals surface area contributed by atoms with Crippen LogP contribution in [0.1, 0.15) is 88.6 Å². The number of amides is 1. The number of nitrogens with one attached hydrogen (secondary N) is 3. The largest absolute Gasteiger partial charge is 0.427 e. The summed E-state index contributed by atoms with van der Waals surface area (Å²) < 4.78 is 8.82. The van der Waals surface area contributed by atoms with Crippen LogP contribution in [0.5, 0.6) is 0 Å². The Morgan fingerprint density at radius 3 is 2.50 bits per heavy atom. The van der Waals surface area contributed by atoms with Gasteiger partial charge in [-0.25, -0.2) is 19.7 Å². The van der Waals surface area contributed by atoms with Crippen LogP contribution in [-0.2, 0) is 21.7 Å². The number of anilines is 1. The summed E-state index contributed by atoms with van der Waals surface area (Å²) in [6, 6.07) is 10.7. The molecule has 0 radical (unpaired) electrons. The molecule has 2 aliphatic heterocycles. The summed E-state index contributed by atoms with van der Waals surface area (Å²) in [5, 5.41) is 6.50. The van der Waals surface area contributed by atoms with Gasteiger partial charge in [0.15, 0.2) is 29.1 Å². The number of ether oxygens (including phenoxy) is 1. The number of hydrogen-bond donors (Lipinski definition) is 3. The zero-order chi connectivity index (χ0) is 27.3. The molecule has 1 amide bonds. The first-order valence-electron chi connectivity index (χ1n) is 15.0. The second kappa shape index (κ2) is 10.3. The molecule has 2 aliphatic carbocycles. The lowest BCUT2D eigenvalue weighted by atomic mass is 9.80. The fourth-order valence-electron chi connectivity index (χ4n) is 6.77. The predicted molar refractivity (Wildman–Crippen MR) is 150 cm³/mol. The highest BCUT2D eigenvalue weighted by Gasteiger charge is 2.47. The number of imidazole rings is 1. The highest BCUT2D eigenvalue weighted by atomic mass is 16.7. The van der Waals surface area contributed by atoms with Crippen LogP contribution in [-0.4, -0.2) is 38.3 Å². The Morgan fingerprint density at radius 1 is 1.10 bits per heavy atom. The van der Waals surface area contributed by atoms with Crippen LogP contribution in [0.3, 0.4) is 0 Å². The minimum Gasteiger partial charge on any atom is -0.365 e. The van der Waals surface area contributed by atoms with Crippen molar-refractivity contribution in [2.45, 2.75) is 89.6 Å². The normalized spacial score (nSPS) is 29.4. The van der Waals surface area contributed by atoms with Crippen LogP contribution in [0.4, 0.5) is 10.6 Å². The first-order valence-corrected chi connectivity index (χ1v) is 15.0. The quantitative estimate of drug-likeness (QED) is 0.356. The van der Waals surface area contributed by atoms with E-state index in [2.05, 4.69) is 58.8 Å². The van der Waals surface area contributed by atoms with Crippen molar-refractivity contribution in [2.75, 3.05) is 11.9 Å². The third-order valence-corrected chi connectivity index (χ3v) is 9.61. The van der Waals surface area contributed by atoms with Gasteiger partial charge in [-0.05, 0) is 55.9 Å². The smallest absolute Gasteiger partial charge is 0.365 e. The molecule has 2 saturated heterocycles. The summed E-state index contributed by atoms with van der Waals surface area (Å²) >= 11 is 0. The molecular formula is C30H39N7O3. The van der Waals surface area contributed by atoms with E-state index in [1.54, 1.807) is 0 Å². The Morgan fingerprint density at radius 2 is 1.88 bits per heavy atom. The van der Waals surface area contributed by atoms with Crippen molar-refractivity contribution < 1.29 is 14.4 Å². The second-order valence-electron chi connectivity index (χ2n) is 12.3. The van der Waals surface area contributed by atoms with Crippen LogP contribution < -0.4 is 16.1 Å². The molecule has 2 aromatic heterocycles. The van der Waals surface area contributed by atoms with Gasteiger partial charge in [-0.2, -0.15) is 0 Å². The van der Waals surface area contributed by atoms with Gasteiger partial charge in [0.1, 0.15) is 11.3 Å². The first-order chi connectivity index (χ1) is 19.5. The molecule has 0 spiro atoms. The van der Waals surface area contributed by atoms with E-state index in [-0.39, 0.29) is 6.04 Å². The van der Waals surface area contributed by atoms with Crippen molar-refractivity contribution >= 4 is 23.1 Å². The SMILES string of the molecule is CC1CCC(Cn2c(C3(c4ccccc4)CCO3)nc3nc(C4NOC(=O)N4)nc(N[C@H](C)C4CCC4)c32)CC1. The molecule has 3 atom stereocenters. The van der Waals surface area contributed by atoms with Crippen LogP contribution in [0, 0.1) is 17.8 Å². The van der Waals surface area contributed by atoms with Gasteiger partial charge in [0.05, 0.1) is 6.61 Å². The zero-order valence-corrected chi connectivity index (χ0v) is 23.4. The predicted octanol–water partition coefficient (Wildman–Crippen LogP) is 5.16. The van der Waals surface area contributed by atoms with Gasteiger partial charge in [-0.3, -0.25) is 5.32 Å². The van der Waals surface area contributed by atoms with Crippen LogP contribution in [0.2, 0.25) is 0 Å². The van der Waals surface area contributed by atoms with E-state index in [4.69, 9.17) is 24.5 Å². The van der Waals surface area contributed by atoms with E-state index in [0.29, 0.717) is 29.9 Å². The molecule has 10 nitrogen and oxygen atoms in total. The zero-order valence-electron chi connectivity index (χ0n) is 23.4. The average Bonchev–Trinajstić information content (AvgIpc) is 3.48. The van der Waals surface area contributed by atoms with Gasteiger partial charge in [0, 0.05) is 19.0 Å². The molecule has 2 saturated carbocycles. The molecular weight excluding hydrogens is 506 g/mol. The molecule has 40 heavy (non-hydrogen) atoms. The lowest BCUT2D eigenvalue weighted by Crippen LogP contribution is -2.44. The summed E-state index contributed by atoms with van der Waals surface area (Å²) in [5.74, 6) is 4.02. The van der Waals surface area contributed by atoms with Crippen LogP contribution >= 0.6 is 0 Å². The molecule has 3 aromatic rings. The molecule has 0 bridgehead atoms. The number of carbonyl (C=O) groups is 1. The van der Waals surface area contributed by atoms with E-state index in [1.165, 1.54) is 44.9 Å². The molecule has 4 heterocycles. The third-order valence-electron chi connectivity index (χ3n) is 9.61. The Balaban J connectivity index is 1.38. The van der Waals surface area contributed by atoms with E-state index < -0.39 is 17.9 Å². The second-order valence-corrected chi connectivity index (χ2v) is 12.3. The standard InChI is InChI=1S/C30H39N7O3/c1-18-11-13-20(14-12-18)17-37-23-24(31-19(2)21-7-6-8-21)32-26(27-35-29(38)40-36-27)33-25(23)34-28(37)30(15-16-39-30)22-9-4-3-5-10-22/h3-5,9-10,18-21,27,36H,6-8,11-17H2,1-2H3,(H,35,38)(H,31,32,33)/t18?,19-,20?,27?,30?/m1/s1. The minimum atomic E-state index is -0.645. The molecule has 3 N–H and O–H groups in total. The Bertz CT molecular complexity index is 1380. The summed E-state index contributed by atoms with van der Waals surface area (Å²) in [5.41, 5.74) is 4.73. The number of nitrogens with zero attached hydrogens (tertiary/aromatic N) is 4. The van der Waals surface area contributed by atoms with Gasteiger partial charge in [0.25, 0.3) is 0 Å². The van der Waals surface area contributed by atoms with E-state index in [0.717, 1.165) is 41.6 Å². The minimum absolute atomic E-state index is 0.257. The van der Waals surface area contributed by atoms with Gasteiger partial charge >= 0.3 is 6.09 Å². The van der Waals surface area contributed by atoms with Crippen molar-refractivity contribution in [2.24, 2.45) is 17.8 Å². The first kappa shape index (κ1) is 25.7. The molecule has 1 aromatic carbocycles. The van der Waals surface area contributed by atoms with Crippen LogP contribution in [0.15, 0.2) is 30.3 Å². The fraction of sp³-hybridized carbons (Fsp3) is 0.600. The van der Waals surface area contributed by atoms with Crippen molar-refractivity contribution in [3.8, 4) is 0 Å². The maximum absolute atomic E-state index is 11.8. The highest BCUT2D eigenvalue weighted by Crippen LogP contribution is 2.45. The molecule has 2 unspecified atom stereocenters. The molecule has 10 heteroatoms. The monoisotopic (exact) mass is 545 g/mol. The highest BCUT2D eigenvalue weighted by molar-refractivity contribution is 5.84. The number of aromatic nitrogens is 4. The molecule has 212 valence electrons. The van der Waals surface area contributed by atoms with Gasteiger partial charge in [-0.15, -0.1) is 5.48 Å². The number of rotatable bonds is 8. The van der Waals surface area contributed by atoms with Gasteiger partial charge in [-0.1, -0.05) is 56.5 Å². The maximum atomic E-state index is 11.8. The summed E-state index contributed by atoms with van der Waals surface area (Å²) in [4.78, 5) is 31.9. The summed E-state index contributed by atoms with van der Waals surface area (Å²) in [6.07, 6.45) is 8.30. The molecule has 7 rings (SSSR count). The Hall–Kier alpha value is -3.24. The number of benzene rings is 1. The van der Waals surface area contributed by atoms with Gasteiger partial charge in [0.2, 0.25) is 0 Å². The molecule has 4 fully saturated rings.